The molecular weight excluding hydrogens is 468 g/mol. The van der Waals surface area contributed by atoms with Crippen LogP contribution in [0.5, 0.6) is 0 Å². The van der Waals surface area contributed by atoms with Gasteiger partial charge in [0.15, 0.2) is 17.3 Å². The summed E-state index contributed by atoms with van der Waals surface area (Å²) in [6.07, 6.45) is 7.11. The van der Waals surface area contributed by atoms with Crippen molar-refractivity contribution in [3.05, 3.63) is 63.1 Å². The molecule has 3 heterocycles. The van der Waals surface area contributed by atoms with Gasteiger partial charge in [0.05, 0.1) is 27.4 Å². The maximum absolute atomic E-state index is 12.9. The topological polar surface area (TPSA) is 133 Å². The first-order valence-electron chi connectivity index (χ1n) is 11.3. The number of ketones is 1. The monoisotopic (exact) mass is 490 g/mol. The molecule has 1 aliphatic carbocycles. The zero-order valence-corrected chi connectivity index (χ0v) is 19.7. The number of fused-ring (bicyclic) bond motifs is 1. The summed E-state index contributed by atoms with van der Waals surface area (Å²) in [6, 6.07) is 9.91. The second-order valence-electron chi connectivity index (χ2n) is 8.50. The Morgan fingerprint density at radius 2 is 1.83 bits per heavy atom. The molecule has 0 bridgehead atoms. The summed E-state index contributed by atoms with van der Waals surface area (Å²) in [7, 11) is 0. The van der Waals surface area contributed by atoms with Crippen molar-refractivity contribution in [3.8, 4) is 11.4 Å². The largest absolute Gasteiger partial charge is 0.324 e. The second-order valence-corrected chi connectivity index (χ2v) is 9.56. The van der Waals surface area contributed by atoms with Gasteiger partial charge in [0.1, 0.15) is 5.82 Å². The Bertz CT molecular complexity index is 1440. The summed E-state index contributed by atoms with van der Waals surface area (Å²) in [4.78, 5) is 44.7. The molecule has 1 saturated carbocycles. The molecule has 35 heavy (non-hydrogen) atoms. The fraction of sp³-hybridized carbons (Fsp3) is 0.292. The smallest absolute Gasteiger partial charge is 0.305 e. The van der Waals surface area contributed by atoms with Crippen LogP contribution in [0.2, 0.25) is 0 Å². The Morgan fingerprint density at radius 3 is 2.49 bits per heavy atom. The molecule has 1 amide bonds. The highest BCUT2D eigenvalue weighted by Gasteiger charge is 2.23. The van der Waals surface area contributed by atoms with Gasteiger partial charge in [-0.3, -0.25) is 19.7 Å². The van der Waals surface area contributed by atoms with E-state index in [0.29, 0.717) is 28.0 Å². The minimum absolute atomic E-state index is 0.0405. The van der Waals surface area contributed by atoms with Crippen molar-refractivity contribution in [2.24, 2.45) is 0 Å². The van der Waals surface area contributed by atoms with Gasteiger partial charge in [0.25, 0.3) is 5.91 Å². The molecule has 5 rings (SSSR count). The van der Waals surface area contributed by atoms with Gasteiger partial charge in [0.2, 0.25) is 0 Å². The molecule has 1 aliphatic rings. The Labute approximate surface area is 204 Å². The molecule has 0 aliphatic heterocycles. The molecule has 10 nitrogen and oxygen atoms in total. The molecule has 0 saturated heterocycles. The maximum atomic E-state index is 12.9. The van der Waals surface area contributed by atoms with E-state index >= 15 is 0 Å². The minimum Gasteiger partial charge on any atom is -0.305 e. The number of nitrogens with one attached hydrogen (secondary N) is 1. The average Bonchev–Trinajstić information content (AvgIpc) is 3.53. The van der Waals surface area contributed by atoms with Crippen LogP contribution >= 0.6 is 11.3 Å². The van der Waals surface area contributed by atoms with Crippen LogP contribution in [0.25, 0.3) is 22.4 Å². The number of nitro groups is 1. The van der Waals surface area contributed by atoms with Crippen molar-refractivity contribution >= 4 is 44.9 Å². The predicted octanol–water partition coefficient (Wildman–Crippen LogP) is 5.42. The number of nitrogens with zero attached hydrogens (tertiary/aromatic N) is 5. The number of thiophene rings is 1. The Balaban J connectivity index is 1.58. The van der Waals surface area contributed by atoms with Crippen LogP contribution in [0.4, 0.5) is 10.8 Å². The number of rotatable bonds is 6. The molecular formula is C24H22N6O4S. The van der Waals surface area contributed by atoms with E-state index in [-0.39, 0.29) is 27.5 Å². The minimum atomic E-state index is -0.526. The number of aromatic nitrogens is 4. The first kappa shape index (κ1) is 22.8. The molecule has 0 atom stereocenters. The molecule has 0 spiro atoms. The number of amides is 1. The quantitative estimate of drug-likeness (QED) is 0.217. The fourth-order valence-corrected chi connectivity index (χ4v) is 5.03. The standard InChI is InChI=1S/C24H22N6O4S/c1-14(31)15-7-9-16(10-8-15)21-26-22(28-24(32)19-11-12-20(35-19)30(33)34)18-13-25-29(23(18)27-21)17-5-3-2-4-6-17/h7-13,17H,2-6H2,1H3,(H,26,27,28,32). The van der Waals surface area contributed by atoms with E-state index in [1.165, 1.54) is 25.5 Å². The summed E-state index contributed by atoms with van der Waals surface area (Å²) in [5.41, 5.74) is 1.88. The van der Waals surface area contributed by atoms with Gasteiger partial charge in [-0.25, -0.2) is 14.6 Å². The number of anilines is 1. The zero-order chi connectivity index (χ0) is 24.5. The number of carbonyl (C=O) groups is 2. The second kappa shape index (κ2) is 9.34. The highest BCUT2D eigenvalue weighted by molar-refractivity contribution is 7.17. The van der Waals surface area contributed by atoms with Crippen molar-refractivity contribution in [1.82, 2.24) is 19.7 Å². The van der Waals surface area contributed by atoms with Crippen LogP contribution in [-0.2, 0) is 0 Å². The fourth-order valence-electron chi connectivity index (χ4n) is 4.31. The number of carbonyl (C=O) groups excluding carboxylic acids is 2. The summed E-state index contributed by atoms with van der Waals surface area (Å²) in [6.45, 7) is 1.50. The van der Waals surface area contributed by atoms with Crippen LogP contribution in [0, 0.1) is 10.1 Å². The lowest BCUT2D eigenvalue weighted by molar-refractivity contribution is -0.380. The van der Waals surface area contributed by atoms with Crippen molar-refractivity contribution in [2.75, 3.05) is 5.32 Å². The molecule has 1 N–H and O–H groups in total. The molecule has 178 valence electrons. The van der Waals surface area contributed by atoms with Crippen LogP contribution in [-0.4, -0.2) is 36.4 Å². The van der Waals surface area contributed by atoms with Crippen LogP contribution in [0.3, 0.4) is 0 Å². The average molecular weight is 491 g/mol. The summed E-state index contributed by atoms with van der Waals surface area (Å²) in [5.74, 6) is 0.133. The van der Waals surface area contributed by atoms with E-state index in [4.69, 9.17) is 4.98 Å². The van der Waals surface area contributed by atoms with E-state index in [2.05, 4.69) is 15.4 Å². The van der Waals surface area contributed by atoms with Crippen molar-refractivity contribution < 1.29 is 14.5 Å². The van der Waals surface area contributed by atoms with Crippen LogP contribution < -0.4 is 5.32 Å². The molecule has 1 aromatic carbocycles. The summed E-state index contributed by atoms with van der Waals surface area (Å²) in [5, 5.41) is 18.9. The third-order valence-electron chi connectivity index (χ3n) is 6.15. The van der Waals surface area contributed by atoms with Gasteiger partial charge in [0, 0.05) is 17.2 Å². The third-order valence-corrected chi connectivity index (χ3v) is 7.19. The summed E-state index contributed by atoms with van der Waals surface area (Å²) < 4.78 is 1.91. The molecule has 3 aromatic heterocycles. The van der Waals surface area contributed by atoms with E-state index < -0.39 is 10.8 Å². The third kappa shape index (κ3) is 4.54. The highest BCUT2D eigenvalue weighted by Crippen LogP contribution is 2.33. The van der Waals surface area contributed by atoms with Gasteiger partial charge in [-0.2, -0.15) is 5.10 Å². The van der Waals surface area contributed by atoms with Gasteiger partial charge in [-0.15, -0.1) is 0 Å². The first-order valence-corrected chi connectivity index (χ1v) is 12.1. The Hall–Kier alpha value is -3.99. The molecule has 0 unspecified atom stereocenters. The zero-order valence-electron chi connectivity index (χ0n) is 18.9. The van der Waals surface area contributed by atoms with E-state index in [0.717, 1.165) is 37.0 Å². The lowest BCUT2D eigenvalue weighted by Crippen LogP contribution is -2.15. The number of benzene rings is 1. The van der Waals surface area contributed by atoms with Crippen molar-refractivity contribution in [3.63, 3.8) is 0 Å². The maximum Gasteiger partial charge on any atom is 0.324 e. The number of hydrogen-bond acceptors (Lipinski definition) is 8. The lowest BCUT2D eigenvalue weighted by atomic mass is 9.96. The molecule has 4 aromatic rings. The van der Waals surface area contributed by atoms with Crippen molar-refractivity contribution in [1.29, 1.82) is 0 Å². The SMILES string of the molecule is CC(=O)c1ccc(-c2nc(NC(=O)c3ccc([N+](=O)[O-])s3)c3cnn(C4CCCCC4)c3n2)cc1. The predicted molar refractivity (Wildman–Crippen MR) is 132 cm³/mol. The Morgan fingerprint density at radius 1 is 1.09 bits per heavy atom. The normalized spacial score (nSPS) is 14.2. The van der Waals surface area contributed by atoms with Gasteiger partial charge < -0.3 is 5.32 Å². The van der Waals surface area contributed by atoms with Crippen LogP contribution in [0.1, 0.15) is 65.1 Å². The van der Waals surface area contributed by atoms with E-state index in [1.807, 2.05) is 4.68 Å². The highest BCUT2D eigenvalue weighted by atomic mass is 32.1. The molecule has 11 heteroatoms. The molecule has 0 radical (unpaired) electrons. The summed E-state index contributed by atoms with van der Waals surface area (Å²) >= 11 is 0.799. The van der Waals surface area contributed by atoms with E-state index in [9.17, 15) is 19.7 Å². The number of hydrogen-bond donors (Lipinski definition) is 1. The van der Waals surface area contributed by atoms with Gasteiger partial charge in [-0.1, -0.05) is 54.9 Å². The van der Waals surface area contributed by atoms with Crippen molar-refractivity contribution in [2.45, 2.75) is 45.1 Å². The Kier molecular flexibility index (Phi) is 6.08. The first-order chi connectivity index (χ1) is 16.9. The lowest BCUT2D eigenvalue weighted by Gasteiger charge is -2.22. The van der Waals surface area contributed by atoms with Crippen LogP contribution in [0.15, 0.2) is 42.6 Å². The van der Waals surface area contributed by atoms with E-state index in [1.54, 1.807) is 30.5 Å². The van der Waals surface area contributed by atoms with Gasteiger partial charge in [-0.05, 0) is 25.8 Å². The number of Topliss-reactive ketones (excluding diaryl/α,β-unsaturated/α-hetero) is 1. The van der Waals surface area contributed by atoms with Gasteiger partial charge >= 0.3 is 5.00 Å². The molecule has 1 fully saturated rings.